The first-order valence-corrected chi connectivity index (χ1v) is 11.7. The normalized spacial score (nSPS) is 12.2. The number of benzene rings is 2. The van der Waals surface area contributed by atoms with E-state index in [-0.39, 0.29) is 30.3 Å². The van der Waals surface area contributed by atoms with E-state index < -0.39 is 0 Å². The van der Waals surface area contributed by atoms with Crippen LogP contribution in [-0.4, -0.2) is 44.8 Å². The first kappa shape index (κ1) is 28.2. The zero-order valence-corrected chi connectivity index (χ0v) is 22.4. The molecule has 1 heterocycles. The molecule has 3 aromatic rings. The number of methoxy groups -OCH3 is 4. The number of anilines is 1. The summed E-state index contributed by atoms with van der Waals surface area (Å²) in [5, 5.41) is 2.99. The molecule has 8 nitrogen and oxygen atoms in total. The third kappa shape index (κ3) is 5.98. The number of hydrogen-bond donors (Lipinski definition) is 2. The van der Waals surface area contributed by atoms with Gasteiger partial charge in [-0.15, -0.1) is 0 Å². The summed E-state index contributed by atoms with van der Waals surface area (Å²) in [6, 6.07) is 9.09. The molecule has 0 radical (unpaired) electrons. The fourth-order valence-corrected chi connectivity index (χ4v) is 4.36. The van der Waals surface area contributed by atoms with Crippen LogP contribution in [0.1, 0.15) is 20.3 Å². The van der Waals surface area contributed by atoms with Crippen molar-refractivity contribution >= 4 is 23.1 Å². The van der Waals surface area contributed by atoms with E-state index in [1.54, 1.807) is 34.6 Å². The number of aromatic nitrogens is 1. The molecule has 2 aromatic carbocycles. The van der Waals surface area contributed by atoms with Crippen LogP contribution in [0.15, 0.2) is 36.5 Å². The van der Waals surface area contributed by atoms with Crippen molar-refractivity contribution in [3.8, 4) is 44.6 Å². The minimum absolute atomic E-state index is 0. The van der Waals surface area contributed by atoms with Gasteiger partial charge in [-0.05, 0) is 47.8 Å². The molecule has 1 unspecified atom stereocenters. The van der Waals surface area contributed by atoms with Gasteiger partial charge in [0.2, 0.25) is 5.75 Å². The fourth-order valence-electron chi connectivity index (χ4n) is 3.61. The maximum atomic E-state index is 12.8. The Morgan fingerprint density at radius 1 is 1.00 bits per heavy atom. The molecule has 1 amide bonds. The van der Waals surface area contributed by atoms with Crippen LogP contribution in [0.4, 0.5) is 5.69 Å². The van der Waals surface area contributed by atoms with Crippen LogP contribution in [0, 0.1) is 5.92 Å². The highest BCUT2D eigenvalue weighted by atomic mass is 35.5. The van der Waals surface area contributed by atoms with E-state index >= 15 is 0 Å². The topological polar surface area (TPSA) is 107 Å². The van der Waals surface area contributed by atoms with Gasteiger partial charge >= 0.3 is 0 Å². The highest BCUT2D eigenvalue weighted by molar-refractivity contribution is 7.10. The number of halogens is 1. The molecule has 0 aliphatic carbocycles. The summed E-state index contributed by atoms with van der Waals surface area (Å²) >= 11 is 1.36. The van der Waals surface area contributed by atoms with Gasteiger partial charge < -0.3 is 42.4 Å². The molecule has 2 atom stereocenters. The molecule has 35 heavy (non-hydrogen) atoms. The lowest BCUT2D eigenvalue weighted by atomic mass is 9.99. The molecule has 0 bridgehead atoms. The highest BCUT2D eigenvalue weighted by Crippen LogP contribution is 2.45. The zero-order valence-electron chi connectivity index (χ0n) is 20.8. The number of hydrogen-bond acceptors (Lipinski definition) is 7. The van der Waals surface area contributed by atoms with E-state index in [1.165, 1.54) is 11.5 Å². The van der Waals surface area contributed by atoms with Gasteiger partial charge in [-0.2, -0.15) is 4.37 Å². The lowest BCUT2D eigenvalue weighted by Gasteiger charge is -2.17. The Hall–Kier alpha value is -3.01. The van der Waals surface area contributed by atoms with Gasteiger partial charge in [-0.3, -0.25) is 4.79 Å². The molecule has 0 aliphatic rings. The average molecular weight is 522 g/mol. The number of amides is 1. The summed E-state index contributed by atoms with van der Waals surface area (Å²) in [4.78, 5) is 13.7. The van der Waals surface area contributed by atoms with Gasteiger partial charge in [0.15, 0.2) is 17.5 Å². The van der Waals surface area contributed by atoms with E-state index in [4.69, 9.17) is 18.9 Å². The molecular weight excluding hydrogens is 490 g/mol. The van der Waals surface area contributed by atoms with Crippen molar-refractivity contribution < 1.29 is 41.9 Å². The van der Waals surface area contributed by atoms with Crippen molar-refractivity contribution in [2.45, 2.75) is 26.3 Å². The van der Waals surface area contributed by atoms with Crippen LogP contribution in [0.3, 0.4) is 0 Å². The minimum Gasteiger partial charge on any atom is -1.00 e. The summed E-state index contributed by atoms with van der Waals surface area (Å²) in [5.41, 5.74) is 7.30. The molecule has 0 spiro atoms. The first-order chi connectivity index (χ1) is 16.4. The van der Waals surface area contributed by atoms with Crippen molar-refractivity contribution in [3.05, 3.63) is 36.5 Å². The highest BCUT2D eigenvalue weighted by Gasteiger charge is 2.25. The average Bonchev–Trinajstić information content (AvgIpc) is 3.36. The Balaban J connectivity index is 0.00000432. The van der Waals surface area contributed by atoms with E-state index in [2.05, 4.69) is 15.4 Å². The minimum atomic E-state index is -0.365. The fraction of sp³-hybridized carbons (Fsp3) is 0.360. The van der Waals surface area contributed by atoms with Gasteiger partial charge in [0, 0.05) is 23.2 Å². The monoisotopic (exact) mass is 521 g/mol. The van der Waals surface area contributed by atoms with Crippen LogP contribution in [0.2, 0.25) is 0 Å². The summed E-state index contributed by atoms with van der Waals surface area (Å²) in [5.74, 6) is 2.25. The van der Waals surface area contributed by atoms with Gasteiger partial charge in [0.05, 0.1) is 39.0 Å². The molecule has 190 valence electrons. The van der Waals surface area contributed by atoms with Crippen LogP contribution in [0.25, 0.3) is 21.6 Å². The Bertz CT molecular complexity index is 1130. The van der Waals surface area contributed by atoms with E-state index in [9.17, 15) is 4.79 Å². The van der Waals surface area contributed by atoms with E-state index in [0.29, 0.717) is 28.7 Å². The second-order valence-corrected chi connectivity index (χ2v) is 8.68. The molecule has 0 fully saturated rings. The number of quaternary nitrogens is 1. The van der Waals surface area contributed by atoms with Gasteiger partial charge in [-0.1, -0.05) is 19.9 Å². The summed E-state index contributed by atoms with van der Waals surface area (Å²) in [6.07, 6.45) is 2.68. The third-order valence-corrected chi connectivity index (χ3v) is 6.78. The standard InChI is InChI=1S/C25H31N3O5S.ClH/c1-7-14(2)22(26)25(29)28-18-10-15(8-9-19(18)30-3)17-13-27-34-24(17)16-11-20(31-4)23(33-6)21(12-16)32-5;/h8-14,22H,7,26H2,1-6H3,(H,28,29);1H/t14?,22-;/m0./s1. The number of rotatable bonds is 10. The van der Waals surface area contributed by atoms with Crippen LogP contribution in [-0.2, 0) is 4.79 Å². The van der Waals surface area contributed by atoms with Gasteiger partial charge in [-0.25, -0.2) is 0 Å². The Kier molecular flexibility index (Phi) is 10.2. The molecule has 0 saturated carbocycles. The first-order valence-electron chi connectivity index (χ1n) is 11.0. The van der Waals surface area contributed by atoms with Crippen molar-refractivity contribution in [3.63, 3.8) is 0 Å². The van der Waals surface area contributed by atoms with Gasteiger partial charge in [0.25, 0.3) is 5.91 Å². The molecule has 0 saturated heterocycles. The van der Waals surface area contributed by atoms with Crippen molar-refractivity contribution in [2.75, 3.05) is 33.8 Å². The van der Waals surface area contributed by atoms with Crippen LogP contribution >= 0.6 is 11.5 Å². The largest absolute Gasteiger partial charge is 1.00 e. The number of carbonyl (C=O) groups excluding carboxylic acids is 1. The number of nitrogens with zero attached hydrogens (tertiary/aromatic N) is 1. The Morgan fingerprint density at radius 2 is 1.63 bits per heavy atom. The van der Waals surface area contributed by atoms with Gasteiger partial charge in [0.1, 0.15) is 5.75 Å². The summed E-state index contributed by atoms with van der Waals surface area (Å²) in [6.45, 7) is 4.07. The predicted octanol–water partition coefficient (Wildman–Crippen LogP) is 1.11. The number of nitrogens with one attached hydrogen (secondary N) is 1. The van der Waals surface area contributed by atoms with Crippen molar-refractivity contribution in [2.24, 2.45) is 5.92 Å². The van der Waals surface area contributed by atoms with Crippen molar-refractivity contribution in [1.82, 2.24) is 4.37 Å². The maximum absolute atomic E-state index is 12.8. The predicted molar refractivity (Wildman–Crippen MR) is 134 cm³/mol. The summed E-state index contributed by atoms with van der Waals surface area (Å²) in [7, 11) is 6.32. The summed E-state index contributed by atoms with van der Waals surface area (Å²) < 4.78 is 26.4. The third-order valence-electron chi connectivity index (χ3n) is 5.93. The van der Waals surface area contributed by atoms with E-state index in [0.717, 1.165) is 28.0 Å². The second kappa shape index (κ2) is 12.6. The van der Waals surface area contributed by atoms with Crippen LogP contribution < -0.4 is 42.4 Å². The Morgan fingerprint density at radius 3 is 2.17 bits per heavy atom. The number of carbonyl (C=O) groups is 1. The second-order valence-electron chi connectivity index (χ2n) is 7.88. The Labute approximate surface area is 216 Å². The number of ether oxygens (including phenoxy) is 4. The molecule has 4 N–H and O–H groups in total. The zero-order chi connectivity index (χ0) is 24.8. The smallest absolute Gasteiger partial charge is 0.282 e. The molecule has 10 heteroatoms. The SMILES string of the molecule is CCC(C)[C@H]([NH3+])C(=O)Nc1cc(-c2cnsc2-c2cc(OC)c(OC)c(OC)c2)ccc1OC.[Cl-]. The van der Waals surface area contributed by atoms with E-state index in [1.807, 2.05) is 44.2 Å². The quantitative estimate of drug-likeness (QED) is 0.414. The lowest BCUT2D eigenvalue weighted by Crippen LogP contribution is -3.00. The lowest BCUT2D eigenvalue weighted by molar-refractivity contribution is -0.414. The molecule has 0 aliphatic heterocycles. The molecule has 1 aromatic heterocycles. The maximum Gasteiger partial charge on any atom is 0.282 e. The van der Waals surface area contributed by atoms with Crippen LogP contribution in [0.5, 0.6) is 23.0 Å². The van der Waals surface area contributed by atoms with Crippen molar-refractivity contribution in [1.29, 1.82) is 0 Å². The molecular formula is C25H32ClN3O5S. The molecule has 3 rings (SSSR count).